The molecule has 2 aromatic rings. The lowest BCUT2D eigenvalue weighted by Crippen LogP contribution is -2.26. The molecule has 0 bridgehead atoms. The summed E-state index contributed by atoms with van der Waals surface area (Å²) in [6, 6.07) is 12.5. The normalized spacial score (nSPS) is 10.1. The Morgan fingerprint density at radius 2 is 1.94 bits per heavy atom. The van der Waals surface area contributed by atoms with Crippen LogP contribution in [0.3, 0.4) is 0 Å². The number of nitrogens with zero attached hydrogens (tertiary/aromatic N) is 2. The third-order valence-electron chi connectivity index (χ3n) is 2.56. The van der Waals surface area contributed by atoms with Gasteiger partial charge in [-0.05, 0) is 36.4 Å². The largest absolute Gasteiger partial charge is 0.336 e. The van der Waals surface area contributed by atoms with E-state index in [1.165, 1.54) is 0 Å². The fourth-order valence-electron chi connectivity index (χ4n) is 1.62. The van der Waals surface area contributed by atoms with E-state index in [1.54, 1.807) is 42.4 Å². The maximum Gasteiger partial charge on any atom is 0.253 e. The maximum absolute atomic E-state index is 12.1. The van der Waals surface area contributed by atoms with Crippen LogP contribution in [-0.2, 0) is 6.54 Å². The first kappa shape index (κ1) is 12.6. The summed E-state index contributed by atoms with van der Waals surface area (Å²) in [6.07, 6.45) is 1.72. The van der Waals surface area contributed by atoms with Gasteiger partial charge in [0.05, 0.1) is 12.2 Å². The van der Waals surface area contributed by atoms with Crippen molar-refractivity contribution in [2.45, 2.75) is 6.54 Å². The van der Waals surface area contributed by atoms with Crippen molar-refractivity contribution >= 4 is 17.5 Å². The summed E-state index contributed by atoms with van der Waals surface area (Å²) in [5.41, 5.74) is 1.49. The lowest BCUT2D eigenvalue weighted by atomic mass is 10.2. The van der Waals surface area contributed by atoms with Crippen molar-refractivity contribution in [3.05, 3.63) is 64.9 Å². The Morgan fingerprint density at radius 3 is 2.56 bits per heavy atom. The minimum Gasteiger partial charge on any atom is -0.336 e. The molecule has 0 aliphatic heterocycles. The molecule has 18 heavy (non-hydrogen) atoms. The van der Waals surface area contributed by atoms with Crippen molar-refractivity contribution in [1.82, 2.24) is 9.88 Å². The summed E-state index contributed by atoms with van der Waals surface area (Å²) in [7, 11) is 1.76. The molecule has 1 aromatic carbocycles. The van der Waals surface area contributed by atoms with E-state index in [0.29, 0.717) is 17.1 Å². The second-order valence-corrected chi connectivity index (χ2v) is 4.43. The molecule has 0 aliphatic rings. The van der Waals surface area contributed by atoms with E-state index < -0.39 is 0 Å². The van der Waals surface area contributed by atoms with Crippen LogP contribution in [-0.4, -0.2) is 22.8 Å². The molecule has 0 atom stereocenters. The lowest BCUT2D eigenvalue weighted by molar-refractivity contribution is 0.0783. The van der Waals surface area contributed by atoms with Crippen molar-refractivity contribution in [2.24, 2.45) is 0 Å². The first-order valence-corrected chi connectivity index (χ1v) is 5.95. The molecule has 1 aromatic heterocycles. The summed E-state index contributed by atoms with van der Waals surface area (Å²) in [4.78, 5) is 17.9. The van der Waals surface area contributed by atoms with Crippen LogP contribution in [0.25, 0.3) is 0 Å². The van der Waals surface area contributed by atoms with E-state index >= 15 is 0 Å². The molecule has 0 N–H and O–H groups in total. The monoisotopic (exact) mass is 260 g/mol. The standard InChI is InChI=1S/C14H13ClN2O/c1-17(10-13-4-2-3-9-16-13)14(18)11-5-7-12(15)8-6-11/h2-9H,10H2,1H3. The van der Waals surface area contributed by atoms with Gasteiger partial charge in [0, 0.05) is 23.8 Å². The van der Waals surface area contributed by atoms with Crippen LogP contribution in [0.5, 0.6) is 0 Å². The van der Waals surface area contributed by atoms with Crippen molar-refractivity contribution in [2.75, 3.05) is 7.05 Å². The highest BCUT2D eigenvalue weighted by atomic mass is 35.5. The molecular weight excluding hydrogens is 248 g/mol. The summed E-state index contributed by atoms with van der Waals surface area (Å²) in [6.45, 7) is 0.488. The van der Waals surface area contributed by atoms with Crippen LogP contribution in [0.1, 0.15) is 16.1 Å². The number of benzene rings is 1. The number of carbonyl (C=O) groups excluding carboxylic acids is 1. The van der Waals surface area contributed by atoms with Gasteiger partial charge >= 0.3 is 0 Å². The third kappa shape index (κ3) is 3.08. The molecule has 0 spiro atoms. The predicted molar refractivity (Wildman–Crippen MR) is 71.5 cm³/mol. The Hall–Kier alpha value is -1.87. The minimum absolute atomic E-state index is 0.0441. The molecule has 92 valence electrons. The number of rotatable bonds is 3. The molecule has 0 saturated heterocycles. The SMILES string of the molecule is CN(Cc1ccccn1)C(=O)c1ccc(Cl)cc1. The van der Waals surface area contributed by atoms with E-state index in [4.69, 9.17) is 11.6 Å². The average Bonchev–Trinajstić information content (AvgIpc) is 2.40. The van der Waals surface area contributed by atoms with Crippen LogP contribution >= 0.6 is 11.6 Å². The van der Waals surface area contributed by atoms with E-state index in [0.717, 1.165) is 5.69 Å². The van der Waals surface area contributed by atoms with E-state index in [2.05, 4.69) is 4.98 Å². The maximum atomic E-state index is 12.1. The topological polar surface area (TPSA) is 33.2 Å². The number of hydrogen-bond donors (Lipinski definition) is 0. The van der Waals surface area contributed by atoms with Crippen LogP contribution in [0.4, 0.5) is 0 Å². The highest BCUT2D eigenvalue weighted by Crippen LogP contribution is 2.12. The quantitative estimate of drug-likeness (QED) is 0.850. The molecule has 3 nitrogen and oxygen atoms in total. The zero-order valence-corrected chi connectivity index (χ0v) is 10.8. The number of amides is 1. The van der Waals surface area contributed by atoms with Crippen LogP contribution in [0, 0.1) is 0 Å². The molecule has 2 rings (SSSR count). The molecule has 0 radical (unpaired) electrons. The number of halogens is 1. The van der Waals surface area contributed by atoms with Crippen molar-refractivity contribution in [3.63, 3.8) is 0 Å². The second kappa shape index (κ2) is 5.65. The van der Waals surface area contributed by atoms with Crippen LogP contribution < -0.4 is 0 Å². The molecule has 4 heteroatoms. The summed E-state index contributed by atoms with van der Waals surface area (Å²) in [5.74, 6) is -0.0441. The number of pyridine rings is 1. The fraction of sp³-hybridized carbons (Fsp3) is 0.143. The Labute approximate surface area is 111 Å². The molecule has 1 amide bonds. The van der Waals surface area contributed by atoms with Gasteiger partial charge in [0.2, 0.25) is 0 Å². The van der Waals surface area contributed by atoms with E-state index in [9.17, 15) is 4.79 Å². The van der Waals surface area contributed by atoms with Crippen molar-refractivity contribution < 1.29 is 4.79 Å². The van der Waals surface area contributed by atoms with Gasteiger partial charge < -0.3 is 4.90 Å². The number of hydrogen-bond acceptors (Lipinski definition) is 2. The zero-order chi connectivity index (χ0) is 13.0. The van der Waals surface area contributed by atoms with Gasteiger partial charge in [-0.2, -0.15) is 0 Å². The summed E-state index contributed by atoms with van der Waals surface area (Å²) < 4.78 is 0. The minimum atomic E-state index is -0.0441. The summed E-state index contributed by atoms with van der Waals surface area (Å²) in [5, 5.41) is 0.624. The molecular formula is C14H13ClN2O. The fourth-order valence-corrected chi connectivity index (χ4v) is 1.75. The lowest BCUT2D eigenvalue weighted by Gasteiger charge is -2.16. The second-order valence-electron chi connectivity index (χ2n) is 3.99. The van der Waals surface area contributed by atoms with E-state index in [-0.39, 0.29) is 5.91 Å². The molecule has 1 heterocycles. The van der Waals surface area contributed by atoms with Crippen LogP contribution in [0.15, 0.2) is 48.7 Å². The molecule has 0 fully saturated rings. The Kier molecular flexibility index (Phi) is 3.95. The number of carbonyl (C=O) groups is 1. The molecule has 0 saturated carbocycles. The Morgan fingerprint density at radius 1 is 1.22 bits per heavy atom. The Bertz CT molecular complexity index is 525. The van der Waals surface area contributed by atoms with Gasteiger partial charge in [-0.1, -0.05) is 17.7 Å². The van der Waals surface area contributed by atoms with Crippen molar-refractivity contribution in [3.8, 4) is 0 Å². The smallest absolute Gasteiger partial charge is 0.253 e. The highest BCUT2D eigenvalue weighted by molar-refractivity contribution is 6.30. The average molecular weight is 261 g/mol. The van der Waals surface area contributed by atoms with Gasteiger partial charge in [-0.15, -0.1) is 0 Å². The Balaban J connectivity index is 2.07. The third-order valence-corrected chi connectivity index (χ3v) is 2.82. The predicted octanol–water partition coefficient (Wildman–Crippen LogP) is 3.01. The van der Waals surface area contributed by atoms with Gasteiger partial charge in [-0.3, -0.25) is 9.78 Å². The summed E-state index contributed by atoms with van der Waals surface area (Å²) >= 11 is 5.79. The van der Waals surface area contributed by atoms with Gasteiger partial charge in [-0.25, -0.2) is 0 Å². The molecule has 0 aliphatic carbocycles. The van der Waals surface area contributed by atoms with Gasteiger partial charge in [0.15, 0.2) is 0 Å². The van der Waals surface area contributed by atoms with Crippen LogP contribution in [0.2, 0.25) is 5.02 Å². The first-order chi connectivity index (χ1) is 8.66. The molecule has 0 unspecified atom stereocenters. The van der Waals surface area contributed by atoms with Gasteiger partial charge in [0.25, 0.3) is 5.91 Å². The van der Waals surface area contributed by atoms with E-state index in [1.807, 2.05) is 18.2 Å². The number of aromatic nitrogens is 1. The zero-order valence-electron chi connectivity index (χ0n) is 10.0. The highest BCUT2D eigenvalue weighted by Gasteiger charge is 2.11. The van der Waals surface area contributed by atoms with Gasteiger partial charge in [0.1, 0.15) is 0 Å². The van der Waals surface area contributed by atoms with Crippen molar-refractivity contribution in [1.29, 1.82) is 0 Å². The first-order valence-electron chi connectivity index (χ1n) is 5.58.